The van der Waals surface area contributed by atoms with Gasteiger partial charge in [-0.3, -0.25) is 9.89 Å². The second-order valence-electron chi connectivity index (χ2n) is 5.99. The number of aliphatic imine (C=N–C) groups is 1. The first-order chi connectivity index (χ1) is 12.7. The van der Waals surface area contributed by atoms with Crippen LogP contribution in [0.4, 0.5) is 0 Å². The first-order valence-electron chi connectivity index (χ1n) is 9.33. The summed E-state index contributed by atoms with van der Waals surface area (Å²) in [5, 5.41) is 14.9. The number of likely N-dealkylation sites (N-methyl/N-ethyl adjacent to an activating group) is 1. The van der Waals surface area contributed by atoms with Crippen LogP contribution in [0.2, 0.25) is 0 Å². The molecule has 26 heavy (non-hydrogen) atoms. The van der Waals surface area contributed by atoms with Gasteiger partial charge in [0, 0.05) is 20.1 Å². The first-order valence-corrected chi connectivity index (χ1v) is 9.33. The van der Waals surface area contributed by atoms with Crippen molar-refractivity contribution < 1.29 is 0 Å². The Balaban J connectivity index is 1.99. The van der Waals surface area contributed by atoms with Crippen LogP contribution in [0.3, 0.4) is 0 Å². The molecule has 0 fully saturated rings. The number of nitrogens with zero attached hydrogens (tertiary/aromatic N) is 5. The number of nitrogens with one attached hydrogen (secondary N) is 2. The summed E-state index contributed by atoms with van der Waals surface area (Å²) in [5.41, 5.74) is 1.31. The van der Waals surface area contributed by atoms with E-state index in [9.17, 15) is 0 Å². The minimum absolute atomic E-state index is 0.295. The van der Waals surface area contributed by atoms with E-state index in [1.54, 1.807) is 13.4 Å². The summed E-state index contributed by atoms with van der Waals surface area (Å²) in [6, 6.07) is 10.9. The van der Waals surface area contributed by atoms with Crippen LogP contribution in [0.25, 0.3) is 0 Å². The molecule has 0 radical (unpaired) electrons. The van der Waals surface area contributed by atoms with Gasteiger partial charge in [0.1, 0.15) is 6.33 Å². The molecule has 2 N–H and O–H groups in total. The Morgan fingerprint density at radius 2 is 1.88 bits per heavy atom. The van der Waals surface area contributed by atoms with E-state index in [4.69, 9.17) is 0 Å². The average Bonchev–Trinajstić information content (AvgIpc) is 3.15. The SMILES string of the molecule is CCN(CC)C(CNC(=NC)NCc1nncn1CC)c1ccccc1. The highest BCUT2D eigenvalue weighted by Gasteiger charge is 2.18. The number of hydrogen-bond donors (Lipinski definition) is 2. The Kier molecular flexibility index (Phi) is 8.08. The predicted molar refractivity (Wildman–Crippen MR) is 106 cm³/mol. The van der Waals surface area contributed by atoms with Crippen molar-refractivity contribution in [1.29, 1.82) is 0 Å². The van der Waals surface area contributed by atoms with Crippen LogP contribution in [0.5, 0.6) is 0 Å². The van der Waals surface area contributed by atoms with E-state index in [0.717, 1.165) is 38.0 Å². The minimum Gasteiger partial charge on any atom is -0.354 e. The van der Waals surface area contributed by atoms with Crippen LogP contribution >= 0.6 is 0 Å². The summed E-state index contributed by atoms with van der Waals surface area (Å²) in [7, 11) is 1.79. The second-order valence-corrected chi connectivity index (χ2v) is 5.99. The van der Waals surface area contributed by atoms with Crippen molar-refractivity contribution >= 4 is 5.96 Å². The molecule has 0 aliphatic carbocycles. The molecule has 0 saturated carbocycles. The molecule has 0 bridgehead atoms. The number of aromatic nitrogens is 3. The molecule has 1 unspecified atom stereocenters. The third-order valence-electron chi connectivity index (χ3n) is 4.57. The molecule has 0 aliphatic rings. The molecule has 0 spiro atoms. The van der Waals surface area contributed by atoms with Crippen molar-refractivity contribution in [2.75, 3.05) is 26.7 Å². The second kappa shape index (κ2) is 10.6. The lowest BCUT2D eigenvalue weighted by Crippen LogP contribution is -2.43. The number of rotatable bonds is 9. The number of aryl methyl sites for hydroxylation is 1. The third kappa shape index (κ3) is 5.29. The summed E-state index contributed by atoms with van der Waals surface area (Å²) in [6.45, 7) is 10.7. The molecule has 7 heteroatoms. The van der Waals surface area contributed by atoms with E-state index in [1.165, 1.54) is 5.56 Å². The molecular weight excluding hydrogens is 326 g/mol. The summed E-state index contributed by atoms with van der Waals surface area (Å²) in [6.07, 6.45) is 1.75. The predicted octanol–water partition coefficient (Wildman–Crippen LogP) is 2.05. The first kappa shape index (κ1) is 19.9. The average molecular weight is 358 g/mol. The monoisotopic (exact) mass is 357 g/mol. The normalized spacial score (nSPS) is 13.0. The van der Waals surface area contributed by atoms with Crippen molar-refractivity contribution in [3.8, 4) is 0 Å². The maximum absolute atomic E-state index is 4.34. The molecule has 1 heterocycles. The largest absolute Gasteiger partial charge is 0.354 e. The zero-order valence-electron chi connectivity index (χ0n) is 16.3. The highest BCUT2D eigenvalue weighted by molar-refractivity contribution is 5.79. The number of guanidine groups is 1. The molecule has 1 atom stereocenters. The van der Waals surface area contributed by atoms with Crippen molar-refractivity contribution in [2.24, 2.45) is 4.99 Å². The lowest BCUT2D eigenvalue weighted by Gasteiger charge is -2.30. The van der Waals surface area contributed by atoms with Gasteiger partial charge in [0.15, 0.2) is 11.8 Å². The minimum atomic E-state index is 0.295. The van der Waals surface area contributed by atoms with Gasteiger partial charge in [0.05, 0.1) is 12.6 Å². The molecule has 7 nitrogen and oxygen atoms in total. The summed E-state index contributed by atoms with van der Waals surface area (Å²) in [4.78, 5) is 6.79. The van der Waals surface area contributed by atoms with Crippen LogP contribution in [-0.4, -0.2) is 52.3 Å². The Labute approximate surface area is 156 Å². The van der Waals surface area contributed by atoms with Gasteiger partial charge in [-0.1, -0.05) is 44.2 Å². The quantitative estimate of drug-likeness (QED) is 0.531. The molecular formula is C19H31N7. The Hall–Kier alpha value is -2.41. The Morgan fingerprint density at radius 3 is 2.50 bits per heavy atom. The zero-order valence-corrected chi connectivity index (χ0v) is 16.3. The zero-order chi connectivity index (χ0) is 18.8. The highest BCUT2D eigenvalue weighted by Crippen LogP contribution is 2.19. The fourth-order valence-corrected chi connectivity index (χ4v) is 3.05. The molecule has 2 aromatic rings. The molecule has 1 aromatic heterocycles. The summed E-state index contributed by atoms with van der Waals surface area (Å²) in [5.74, 6) is 1.67. The van der Waals surface area contributed by atoms with E-state index in [-0.39, 0.29) is 0 Å². The molecule has 2 rings (SSSR count). The van der Waals surface area contributed by atoms with Gasteiger partial charge in [-0.15, -0.1) is 10.2 Å². The number of hydrogen-bond acceptors (Lipinski definition) is 4. The van der Waals surface area contributed by atoms with Gasteiger partial charge in [-0.25, -0.2) is 0 Å². The van der Waals surface area contributed by atoms with Crippen molar-refractivity contribution in [3.05, 3.63) is 48.0 Å². The van der Waals surface area contributed by atoms with Crippen LogP contribution in [-0.2, 0) is 13.1 Å². The summed E-state index contributed by atoms with van der Waals surface area (Å²) < 4.78 is 2.02. The lowest BCUT2D eigenvalue weighted by atomic mass is 10.1. The maximum Gasteiger partial charge on any atom is 0.191 e. The van der Waals surface area contributed by atoms with Crippen molar-refractivity contribution in [2.45, 2.75) is 39.9 Å². The van der Waals surface area contributed by atoms with Gasteiger partial charge in [-0.2, -0.15) is 0 Å². The van der Waals surface area contributed by atoms with E-state index in [1.807, 2.05) is 4.57 Å². The fourth-order valence-electron chi connectivity index (χ4n) is 3.05. The fraction of sp³-hybridized carbons (Fsp3) is 0.526. The van der Waals surface area contributed by atoms with Crippen molar-refractivity contribution in [1.82, 2.24) is 30.3 Å². The smallest absolute Gasteiger partial charge is 0.191 e. The van der Waals surface area contributed by atoms with Crippen LogP contribution in [0.15, 0.2) is 41.7 Å². The molecule has 0 aliphatic heterocycles. The highest BCUT2D eigenvalue weighted by atomic mass is 15.3. The van der Waals surface area contributed by atoms with Gasteiger partial charge in [0.25, 0.3) is 0 Å². The summed E-state index contributed by atoms with van der Waals surface area (Å²) >= 11 is 0. The molecule has 0 amide bonds. The van der Waals surface area contributed by atoms with Gasteiger partial charge >= 0.3 is 0 Å². The van der Waals surface area contributed by atoms with Crippen LogP contribution in [0.1, 0.15) is 38.2 Å². The number of benzene rings is 1. The van der Waals surface area contributed by atoms with Gasteiger partial charge in [0.2, 0.25) is 0 Å². The van der Waals surface area contributed by atoms with E-state index in [0.29, 0.717) is 12.6 Å². The lowest BCUT2D eigenvalue weighted by molar-refractivity contribution is 0.219. The van der Waals surface area contributed by atoms with Gasteiger partial charge in [-0.05, 0) is 25.6 Å². The Bertz CT molecular complexity index is 662. The molecule has 0 saturated heterocycles. The third-order valence-corrected chi connectivity index (χ3v) is 4.57. The van der Waals surface area contributed by atoms with Crippen LogP contribution in [0, 0.1) is 0 Å². The van der Waals surface area contributed by atoms with Gasteiger partial charge < -0.3 is 15.2 Å². The van der Waals surface area contributed by atoms with E-state index in [2.05, 4.69) is 81.8 Å². The van der Waals surface area contributed by atoms with E-state index >= 15 is 0 Å². The molecule has 142 valence electrons. The molecule has 1 aromatic carbocycles. The Morgan fingerprint density at radius 1 is 1.15 bits per heavy atom. The standard InChI is InChI=1S/C19H31N7/c1-5-25(6-2)17(16-11-9-8-10-12-16)13-21-19(20-4)22-14-18-24-23-15-26(18)7-3/h8-12,15,17H,5-7,13-14H2,1-4H3,(H2,20,21,22). The topological polar surface area (TPSA) is 70.4 Å². The van der Waals surface area contributed by atoms with Crippen LogP contribution < -0.4 is 10.6 Å². The van der Waals surface area contributed by atoms with Crippen molar-refractivity contribution in [3.63, 3.8) is 0 Å². The van der Waals surface area contributed by atoms with E-state index < -0.39 is 0 Å². The maximum atomic E-state index is 4.34.